The molecule has 120 valence electrons. The van der Waals surface area contributed by atoms with Crippen LogP contribution in [-0.2, 0) is 0 Å². The first kappa shape index (κ1) is 16.9. The predicted molar refractivity (Wildman–Crippen MR) is 92.6 cm³/mol. The Balaban J connectivity index is 2.34. The van der Waals surface area contributed by atoms with Gasteiger partial charge in [-0.3, -0.25) is 10.1 Å². The van der Waals surface area contributed by atoms with Gasteiger partial charge in [0.05, 0.1) is 14.2 Å². The molecule has 0 aromatic heterocycles. The lowest BCUT2D eigenvalue weighted by atomic mass is 10.1. The molecule has 0 radical (unpaired) electrons. The van der Waals surface area contributed by atoms with E-state index in [1.807, 2.05) is 24.1 Å². The van der Waals surface area contributed by atoms with Crippen LogP contribution in [0.15, 0.2) is 18.2 Å². The van der Waals surface area contributed by atoms with E-state index in [9.17, 15) is 5.21 Å². The maximum Gasteiger partial charge on any atom is 0.292 e. The van der Waals surface area contributed by atoms with Crippen LogP contribution in [0.2, 0.25) is 0 Å². The highest BCUT2D eigenvalue weighted by Crippen LogP contribution is 2.40. The van der Waals surface area contributed by atoms with E-state index in [2.05, 4.69) is 13.8 Å². The van der Waals surface area contributed by atoms with Gasteiger partial charge in [-0.1, -0.05) is 24.0 Å². The molecule has 1 fully saturated rings. The SMILES string of the molecule is COc1ccc(C=[N+](O)C2N(C)C(=S)SC2(C)C)cc1OC. The van der Waals surface area contributed by atoms with E-state index in [0.717, 1.165) is 9.88 Å². The van der Waals surface area contributed by atoms with Crippen molar-refractivity contribution in [2.45, 2.75) is 24.8 Å². The van der Waals surface area contributed by atoms with E-state index in [4.69, 9.17) is 21.7 Å². The van der Waals surface area contributed by atoms with Crippen molar-refractivity contribution in [1.82, 2.24) is 4.90 Å². The first-order valence-corrected chi connectivity index (χ1v) is 8.02. The van der Waals surface area contributed by atoms with Crippen LogP contribution in [0, 0.1) is 0 Å². The highest BCUT2D eigenvalue weighted by molar-refractivity contribution is 8.24. The average molecular weight is 341 g/mol. The molecule has 0 saturated carbocycles. The van der Waals surface area contributed by atoms with E-state index in [1.165, 1.54) is 4.74 Å². The average Bonchev–Trinajstić information content (AvgIpc) is 2.66. The molecule has 1 aromatic rings. The summed E-state index contributed by atoms with van der Waals surface area (Å²) >= 11 is 6.91. The summed E-state index contributed by atoms with van der Waals surface area (Å²) < 4.78 is 12.3. The zero-order chi connectivity index (χ0) is 16.5. The third kappa shape index (κ3) is 3.15. The lowest BCUT2D eigenvalue weighted by Crippen LogP contribution is -2.47. The fraction of sp³-hybridized carbons (Fsp3) is 0.467. The van der Waals surface area contributed by atoms with Crippen LogP contribution < -0.4 is 9.47 Å². The smallest absolute Gasteiger partial charge is 0.292 e. The normalized spacial score (nSPS) is 21.1. The number of thioether (sulfide) groups is 1. The molecule has 1 aliphatic rings. The second-order valence-electron chi connectivity index (χ2n) is 5.58. The van der Waals surface area contributed by atoms with Crippen LogP contribution in [0.3, 0.4) is 0 Å². The summed E-state index contributed by atoms with van der Waals surface area (Å²) in [5.41, 5.74) is 0.812. The number of hydrogen-bond donors (Lipinski definition) is 1. The highest BCUT2D eigenvalue weighted by Gasteiger charge is 2.51. The van der Waals surface area contributed by atoms with E-state index in [1.54, 1.807) is 38.3 Å². The topological polar surface area (TPSA) is 44.9 Å². The Bertz CT molecular complexity index is 617. The van der Waals surface area contributed by atoms with Crippen molar-refractivity contribution in [1.29, 1.82) is 0 Å². The molecule has 0 aliphatic carbocycles. The fourth-order valence-electron chi connectivity index (χ4n) is 2.57. The molecule has 2 rings (SSSR count). The number of hydrogen-bond acceptors (Lipinski definition) is 5. The molecule has 1 N–H and O–H groups in total. The van der Waals surface area contributed by atoms with Gasteiger partial charge in [-0.2, -0.15) is 0 Å². The van der Waals surface area contributed by atoms with E-state index in [-0.39, 0.29) is 10.9 Å². The summed E-state index contributed by atoms with van der Waals surface area (Å²) in [6.07, 6.45) is 1.43. The monoisotopic (exact) mass is 341 g/mol. The standard InChI is InChI=1S/C15H21N2O3S2/c1-15(2)13(16(3)14(21)22-15)17(18)9-10-6-7-11(19-4)12(8-10)20-5/h6-9,13,18H,1-5H3/q+1. The molecule has 1 aromatic carbocycles. The van der Waals surface area contributed by atoms with Gasteiger partial charge < -0.3 is 9.47 Å². The summed E-state index contributed by atoms with van der Waals surface area (Å²) in [7, 11) is 5.06. The van der Waals surface area contributed by atoms with Gasteiger partial charge in [0.1, 0.15) is 9.07 Å². The molecule has 0 bridgehead atoms. The van der Waals surface area contributed by atoms with E-state index >= 15 is 0 Å². The minimum atomic E-state index is -0.238. The molecule has 1 atom stereocenters. The van der Waals surface area contributed by atoms with Crippen molar-refractivity contribution >= 4 is 34.5 Å². The molecule has 1 heterocycles. The summed E-state index contributed by atoms with van der Waals surface area (Å²) in [5, 5.41) is 10.5. The molecular weight excluding hydrogens is 320 g/mol. The van der Waals surface area contributed by atoms with Crippen LogP contribution in [-0.4, -0.2) is 57.6 Å². The van der Waals surface area contributed by atoms with Gasteiger partial charge >= 0.3 is 0 Å². The summed E-state index contributed by atoms with van der Waals surface area (Å²) in [4.78, 5) is 1.90. The van der Waals surface area contributed by atoms with Crippen molar-refractivity contribution in [2.24, 2.45) is 0 Å². The number of methoxy groups -OCH3 is 2. The van der Waals surface area contributed by atoms with Crippen molar-refractivity contribution < 1.29 is 19.4 Å². The zero-order valence-corrected chi connectivity index (χ0v) is 15.0. The second kappa shape index (κ2) is 6.34. The fourth-order valence-corrected chi connectivity index (χ4v) is 4.38. The highest BCUT2D eigenvalue weighted by atomic mass is 32.2. The number of hydroxylamine groups is 1. The number of benzene rings is 1. The van der Waals surface area contributed by atoms with Crippen molar-refractivity contribution in [3.8, 4) is 11.5 Å². The quantitative estimate of drug-likeness (QED) is 0.299. The van der Waals surface area contributed by atoms with Gasteiger partial charge in [-0.15, -0.1) is 0 Å². The molecule has 1 unspecified atom stereocenters. The number of ether oxygens (including phenoxy) is 2. The van der Waals surface area contributed by atoms with Crippen LogP contribution in [0.5, 0.6) is 11.5 Å². The van der Waals surface area contributed by atoms with Crippen molar-refractivity contribution in [3.63, 3.8) is 0 Å². The molecule has 22 heavy (non-hydrogen) atoms. The van der Waals surface area contributed by atoms with E-state index in [0.29, 0.717) is 11.5 Å². The Morgan fingerprint density at radius 3 is 2.45 bits per heavy atom. The lowest BCUT2D eigenvalue weighted by Gasteiger charge is -2.21. The Morgan fingerprint density at radius 1 is 1.32 bits per heavy atom. The molecule has 7 heteroatoms. The lowest BCUT2D eigenvalue weighted by molar-refractivity contribution is -0.808. The number of thiocarbonyl (C=S) groups is 1. The van der Waals surface area contributed by atoms with Gasteiger partial charge in [0, 0.05) is 12.6 Å². The largest absolute Gasteiger partial charge is 0.493 e. The Hall–Kier alpha value is -1.47. The number of nitrogens with zero attached hydrogens (tertiary/aromatic N) is 2. The molecular formula is C15H21N2O3S2+. The molecule has 0 amide bonds. The summed E-state index contributed by atoms with van der Waals surface area (Å²) in [6.45, 7) is 4.12. The maximum absolute atomic E-state index is 10.5. The van der Waals surface area contributed by atoms with Gasteiger partial charge in [0.25, 0.3) is 6.17 Å². The third-order valence-corrected chi connectivity index (χ3v) is 5.30. The zero-order valence-electron chi connectivity index (χ0n) is 13.4. The minimum absolute atomic E-state index is 0.215. The van der Waals surface area contributed by atoms with Gasteiger partial charge in [0.15, 0.2) is 11.5 Å². The van der Waals surface area contributed by atoms with Gasteiger partial charge in [-0.05, 0) is 36.8 Å². The van der Waals surface area contributed by atoms with Crippen LogP contribution in [0.1, 0.15) is 19.4 Å². The summed E-state index contributed by atoms with van der Waals surface area (Å²) in [5.74, 6) is 1.27. The van der Waals surface area contributed by atoms with Crippen LogP contribution in [0.4, 0.5) is 0 Å². The predicted octanol–water partition coefficient (Wildman–Crippen LogP) is 2.59. The number of rotatable bonds is 4. The molecule has 0 spiro atoms. The molecule has 5 nitrogen and oxygen atoms in total. The molecule has 1 aliphatic heterocycles. The maximum atomic E-state index is 10.5. The first-order valence-electron chi connectivity index (χ1n) is 6.80. The second-order valence-corrected chi connectivity index (χ2v) is 7.87. The van der Waals surface area contributed by atoms with Crippen molar-refractivity contribution in [2.75, 3.05) is 21.3 Å². The third-order valence-electron chi connectivity index (χ3n) is 3.57. The molecule has 1 saturated heterocycles. The van der Waals surface area contributed by atoms with Crippen LogP contribution in [0.25, 0.3) is 0 Å². The Morgan fingerprint density at radius 2 is 1.95 bits per heavy atom. The Labute approximate surface area is 140 Å². The van der Waals surface area contributed by atoms with Crippen molar-refractivity contribution in [3.05, 3.63) is 23.8 Å². The summed E-state index contributed by atoms with van der Waals surface area (Å²) in [6, 6.07) is 5.48. The van der Waals surface area contributed by atoms with Gasteiger partial charge in [0.2, 0.25) is 6.21 Å². The van der Waals surface area contributed by atoms with E-state index < -0.39 is 0 Å². The van der Waals surface area contributed by atoms with Crippen LogP contribution >= 0.6 is 24.0 Å². The Kier molecular flexibility index (Phi) is 4.87. The minimum Gasteiger partial charge on any atom is -0.493 e. The van der Waals surface area contributed by atoms with Gasteiger partial charge in [-0.25, -0.2) is 0 Å². The first-order chi connectivity index (χ1) is 10.3.